The highest BCUT2D eigenvalue weighted by Crippen LogP contribution is 2.24. The van der Waals surface area contributed by atoms with Crippen LogP contribution in [0.1, 0.15) is 29.5 Å². The van der Waals surface area contributed by atoms with Crippen molar-refractivity contribution in [3.05, 3.63) is 28.8 Å². The molecule has 1 saturated heterocycles. The normalized spacial score (nSPS) is 16.7. The van der Waals surface area contributed by atoms with Gasteiger partial charge in [-0.05, 0) is 44.7 Å². The Bertz CT molecular complexity index is 570. The third kappa shape index (κ3) is 5.53. The molecule has 1 aromatic rings. The SMILES string of the molecule is Cc1cc(C)c(OCC(=O)OCC(=O)NCC2CCCO2)c(C)c1. The Balaban J connectivity index is 1.68. The molecule has 0 radical (unpaired) electrons. The van der Waals surface area contributed by atoms with Crippen LogP contribution in [0.2, 0.25) is 0 Å². The van der Waals surface area contributed by atoms with E-state index in [-0.39, 0.29) is 25.2 Å². The van der Waals surface area contributed by atoms with Gasteiger partial charge in [-0.3, -0.25) is 4.79 Å². The molecule has 0 aliphatic carbocycles. The zero-order valence-electron chi connectivity index (χ0n) is 14.5. The number of nitrogens with one attached hydrogen (secondary N) is 1. The number of benzene rings is 1. The quantitative estimate of drug-likeness (QED) is 0.770. The molecule has 0 aromatic heterocycles. The maximum atomic E-state index is 11.7. The Labute approximate surface area is 142 Å². The first kappa shape index (κ1) is 18.3. The van der Waals surface area contributed by atoms with E-state index in [9.17, 15) is 9.59 Å². The van der Waals surface area contributed by atoms with E-state index in [1.54, 1.807) is 0 Å². The predicted octanol–water partition coefficient (Wildman–Crippen LogP) is 1.83. The van der Waals surface area contributed by atoms with Crippen LogP contribution < -0.4 is 10.1 Å². The molecule has 1 heterocycles. The van der Waals surface area contributed by atoms with Crippen LogP contribution in [0.5, 0.6) is 5.75 Å². The van der Waals surface area contributed by atoms with Gasteiger partial charge in [0, 0.05) is 13.2 Å². The van der Waals surface area contributed by atoms with Crippen molar-refractivity contribution in [3.8, 4) is 5.75 Å². The number of esters is 1. The average molecular weight is 335 g/mol. The molecule has 0 spiro atoms. The van der Waals surface area contributed by atoms with Crippen LogP contribution in [0, 0.1) is 20.8 Å². The van der Waals surface area contributed by atoms with Crippen LogP contribution in [0.25, 0.3) is 0 Å². The van der Waals surface area contributed by atoms with Gasteiger partial charge >= 0.3 is 5.97 Å². The maximum absolute atomic E-state index is 11.7. The van der Waals surface area contributed by atoms with E-state index in [4.69, 9.17) is 14.2 Å². The summed E-state index contributed by atoms with van der Waals surface area (Å²) in [6.07, 6.45) is 2.04. The van der Waals surface area contributed by atoms with Crippen LogP contribution in [0.15, 0.2) is 12.1 Å². The molecular formula is C18H25NO5. The zero-order valence-corrected chi connectivity index (χ0v) is 14.5. The van der Waals surface area contributed by atoms with Gasteiger partial charge in [0.2, 0.25) is 0 Å². The standard InChI is InChI=1S/C18H25NO5/c1-12-7-13(2)18(14(3)8-12)24-11-17(21)23-10-16(20)19-9-15-5-4-6-22-15/h7-8,15H,4-6,9-11H2,1-3H3,(H,19,20). The van der Waals surface area contributed by atoms with E-state index >= 15 is 0 Å². The summed E-state index contributed by atoms with van der Waals surface area (Å²) >= 11 is 0. The lowest BCUT2D eigenvalue weighted by atomic mass is 10.1. The van der Waals surface area contributed by atoms with Crippen molar-refractivity contribution in [3.63, 3.8) is 0 Å². The topological polar surface area (TPSA) is 73.9 Å². The van der Waals surface area contributed by atoms with Gasteiger partial charge in [-0.1, -0.05) is 17.7 Å². The van der Waals surface area contributed by atoms with Crippen molar-refractivity contribution in [2.75, 3.05) is 26.4 Å². The predicted molar refractivity (Wildman–Crippen MR) is 89.1 cm³/mol. The van der Waals surface area contributed by atoms with E-state index in [1.165, 1.54) is 0 Å². The molecule has 1 amide bonds. The fraction of sp³-hybridized carbons (Fsp3) is 0.556. The monoisotopic (exact) mass is 335 g/mol. The number of aryl methyl sites for hydroxylation is 3. The third-order valence-corrected chi connectivity index (χ3v) is 3.85. The van der Waals surface area contributed by atoms with Crippen molar-refractivity contribution >= 4 is 11.9 Å². The second-order valence-electron chi connectivity index (χ2n) is 6.12. The number of rotatable bonds is 7. The number of hydrogen-bond donors (Lipinski definition) is 1. The Morgan fingerprint density at radius 2 is 1.92 bits per heavy atom. The number of amides is 1. The Morgan fingerprint density at radius 1 is 1.21 bits per heavy atom. The van der Waals surface area contributed by atoms with Gasteiger partial charge in [-0.2, -0.15) is 0 Å². The first-order valence-corrected chi connectivity index (χ1v) is 8.20. The molecule has 132 valence electrons. The molecule has 0 bridgehead atoms. The summed E-state index contributed by atoms with van der Waals surface area (Å²) in [6.45, 7) is 6.54. The number of carbonyl (C=O) groups excluding carboxylic acids is 2. The average Bonchev–Trinajstić information content (AvgIpc) is 3.03. The minimum Gasteiger partial charge on any atom is -0.481 e. The van der Waals surface area contributed by atoms with Gasteiger partial charge in [0.15, 0.2) is 13.2 Å². The highest BCUT2D eigenvalue weighted by molar-refractivity contribution is 5.80. The van der Waals surface area contributed by atoms with E-state index < -0.39 is 5.97 Å². The molecule has 1 N–H and O–H groups in total. The lowest BCUT2D eigenvalue weighted by Gasteiger charge is -2.13. The Hall–Kier alpha value is -2.08. The summed E-state index contributed by atoms with van der Waals surface area (Å²) in [5.41, 5.74) is 3.08. The van der Waals surface area contributed by atoms with Gasteiger partial charge in [0.1, 0.15) is 5.75 Å². The fourth-order valence-corrected chi connectivity index (χ4v) is 2.80. The first-order chi connectivity index (χ1) is 11.5. The molecule has 6 nitrogen and oxygen atoms in total. The van der Waals surface area contributed by atoms with Crippen molar-refractivity contribution in [1.29, 1.82) is 0 Å². The van der Waals surface area contributed by atoms with Crippen LogP contribution >= 0.6 is 0 Å². The van der Waals surface area contributed by atoms with Crippen molar-refractivity contribution in [2.45, 2.75) is 39.7 Å². The highest BCUT2D eigenvalue weighted by Gasteiger charge is 2.17. The second-order valence-corrected chi connectivity index (χ2v) is 6.12. The van der Waals surface area contributed by atoms with Gasteiger partial charge < -0.3 is 19.5 Å². The molecule has 0 saturated carbocycles. The molecule has 6 heteroatoms. The minimum absolute atomic E-state index is 0.0699. The zero-order chi connectivity index (χ0) is 17.5. The molecule has 2 rings (SSSR count). The molecule has 1 atom stereocenters. The van der Waals surface area contributed by atoms with Gasteiger partial charge in [0.25, 0.3) is 5.91 Å². The largest absolute Gasteiger partial charge is 0.481 e. The smallest absolute Gasteiger partial charge is 0.344 e. The maximum Gasteiger partial charge on any atom is 0.344 e. The summed E-state index contributed by atoms with van der Waals surface area (Å²) in [4.78, 5) is 23.4. The van der Waals surface area contributed by atoms with Crippen molar-refractivity contribution < 1.29 is 23.8 Å². The van der Waals surface area contributed by atoms with Crippen molar-refractivity contribution in [2.24, 2.45) is 0 Å². The van der Waals surface area contributed by atoms with Gasteiger partial charge in [-0.25, -0.2) is 4.79 Å². The number of ether oxygens (including phenoxy) is 3. The van der Waals surface area contributed by atoms with Crippen molar-refractivity contribution in [1.82, 2.24) is 5.32 Å². The third-order valence-electron chi connectivity index (χ3n) is 3.85. The summed E-state index contributed by atoms with van der Waals surface area (Å²) in [5.74, 6) is -0.219. The van der Waals surface area contributed by atoms with Crippen LogP contribution in [-0.4, -0.2) is 44.3 Å². The minimum atomic E-state index is -0.568. The van der Waals surface area contributed by atoms with Gasteiger partial charge in [0.05, 0.1) is 6.10 Å². The van der Waals surface area contributed by atoms with E-state index in [2.05, 4.69) is 5.32 Å². The molecule has 1 fully saturated rings. The Morgan fingerprint density at radius 3 is 2.54 bits per heavy atom. The van der Waals surface area contributed by atoms with Crippen LogP contribution in [-0.2, 0) is 19.1 Å². The molecule has 1 aromatic carbocycles. The number of hydrogen-bond acceptors (Lipinski definition) is 5. The molecule has 1 unspecified atom stereocenters. The van der Waals surface area contributed by atoms with E-state index in [1.807, 2.05) is 32.9 Å². The Kier molecular flexibility index (Phi) is 6.61. The lowest BCUT2D eigenvalue weighted by molar-refractivity contribution is -0.150. The highest BCUT2D eigenvalue weighted by atomic mass is 16.6. The van der Waals surface area contributed by atoms with Crippen LogP contribution in [0.4, 0.5) is 0 Å². The molecule has 1 aliphatic rings. The summed E-state index contributed by atoms with van der Waals surface area (Å²) < 4.78 is 15.9. The van der Waals surface area contributed by atoms with Crippen LogP contribution in [0.3, 0.4) is 0 Å². The lowest BCUT2D eigenvalue weighted by Crippen LogP contribution is -2.35. The van der Waals surface area contributed by atoms with E-state index in [0.717, 1.165) is 36.1 Å². The molecule has 1 aliphatic heterocycles. The summed E-state index contributed by atoms with van der Waals surface area (Å²) in [7, 11) is 0. The van der Waals surface area contributed by atoms with Gasteiger partial charge in [-0.15, -0.1) is 0 Å². The first-order valence-electron chi connectivity index (χ1n) is 8.20. The summed E-state index contributed by atoms with van der Waals surface area (Å²) in [5, 5.41) is 2.70. The molecule has 24 heavy (non-hydrogen) atoms. The fourth-order valence-electron chi connectivity index (χ4n) is 2.80. The number of carbonyl (C=O) groups is 2. The van der Waals surface area contributed by atoms with E-state index in [0.29, 0.717) is 12.3 Å². The molecular weight excluding hydrogens is 310 g/mol. The second kappa shape index (κ2) is 8.68. The summed E-state index contributed by atoms with van der Waals surface area (Å²) in [6, 6.07) is 3.98.